The van der Waals surface area contributed by atoms with E-state index in [1.807, 2.05) is 12.3 Å². The fourth-order valence-corrected chi connectivity index (χ4v) is 4.49. The van der Waals surface area contributed by atoms with Gasteiger partial charge in [0.05, 0.1) is 0 Å². The van der Waals surface area contributed by atoms with Crippen LogP contribution in [-0.4, -0.2) is 47.0 Å². The molecule has 1 saturated carbocycles. The van der Waals surface area contributed by atoms with Crippen molar-refractivity contribution in [3.8, 4) is 11.1 Å². The van der Waals surface area contributed by atoms with Crippen LogP contribution in [-0.2, 0) is 11.3 Å². The molecule has 0 spiro atoms. The number of piperidine rings is 1. The number of nitrogens with zero attached hydrogens (tertiary/aromatic N) is 2. The van der Waals surface area contributed by atoms with Crippen molar-refractivity contribution >= 4 is 18.3 Å². The third-order valence-electron chi connectivity index (χ3n) is 6.19. The summed E-state index contributed by atoms with van der Waals surface area (Å²) in [5, 5.41) is 3.44. The molecule has 3 fully saturated rings. The summed E-state index contributed by atoms with van der Waals surface area (Å²) in [5.41, 5.74) is 10.1. The molecule has 5 rings (SSSR count). The molecule has 154 valence electrons. The molecule has 1 aliphatic carbocycles. The van der Waals surface area contributed by atoms with E-state index in [0.717, 1.165) is 43.5 Å². The van der Waals surface area contributed by atoms with E-state index in [4.69, 9.17) is 0 Å². The summed E-state index contributed by atoms with van der Waals surface area (Å²) in [4.78, 5) is 19.7. The molecule has 1 amide bonds. The largest absolute Gasteiger partial charge is 0.334 e. The highest BCUT2D eigenvalue weighted by Gasteiger charge is 2.45. The summed E-state index contributed by atoms with van der Waals surface area (Å²) >= 11 is 0. The minimum atomic E-state index is -0.139. The lowest BCUT2D eigenvalue weighted by Crippen LogP contribution is -2.51. The van der Waals surface area contributed by atoms with Crippen LogP contribution in [0.3, 0.4) is 0 Å². The first-order valence-corrected chi connectivity index (χ1v) is 10.3. The molecule has 0 radical (unpaired) electrons. The van der Waals surface area contributed by atoms with E-state index in [1.54, 1.807) is 6.20 Å². The molecule has 3 unspecified atom stereocenters. The summed E-state index contributed by atoms with van der Waals surface area (Å²) in [7, 11) is 0. The number of hydrazine groups is 1. The molecule has 2 saturated heterocycles. The second-order valence-electron chi connectivity index (χ2n) is 8.17. The number of carbonyl (C=O) groups is 1. The van der Waals surface area contributed by atoms with Crippen molar-refractivity contribution in [1.82, 2.24) is 26.1 Å². The highest BCUT2D eigenvalue weighted by atomic mass is 35.5. The summed E-state index contributed by atoms with van der Waals surface area (Å²) in [6, 6.07) is 13.1. The van der Waals surface area contributed by atoms with Crippen molar-refractivity contribution in [1.29, 1.82) is 0 Å². The van der Waals surface area contributed by atoms with Crippen LogP contribution >= 0.6 is 12.4 Å². The van der Waals surface area contributed by atoms with Gasteiger partial charge in [-0.05, 0) is 54.6 Å². The zero-order valence-corrected chi connectivity index (χ0v) is 17.2. The van der Waals surface area contributed by atoms with Crippen molar-refractivity contribution in [2.75, 3.05) is 13.1 Å². The standard InChI is InChI=1S/C22H27N5O.ClH/c28-22(21-19-13-24-10-8-20(19)25-26-21)27(18-6-7-18)14-15-3-1-4-16(11-15)17-5-2-9-23-12-17;/h1-5,9,11-12,18-21,24-26H,6-8,10,13-14H2;1H. The van der Waals surface area contributed by atoms with Gasteiger partial charge in [-0.3, -0.25) is 15.2 Å². The van der Waals surface area contributed by atoms with E-state index < -0.39 is 0 Å². The summed E-state index contributed by atoms with van der Waals surface area (Å²) in [6.07, 6.45) is 6.96. The second-order valence-corrected chi connectivity index (χ2v) is 8.17. The second kappa shape index (κ2) is 8.79. The van der Waals surface area contributed by atoms with Crippen molar-refractivity contribution in [3.05, 3.63) is 54.4 Å². The minimum Gasteiger partial charge on any atom is -0.334 e. The fraction of sp³-hybridized carbons (Fsp3) is 0.455. The molecule has 2 aliphatic heterocycles. The maximum absolute atomic E-state index is 13.4. The molecule has 3 heterocycles. The molecule has 29 heavy (non-hydrogen) atoms. The third-order valence-corrected chi connectivity index (χ3v) is 6.19. The van der Waals surface area contributed by atoms with Gasteiger partial charge in [0.25, 0.3) is 0 Å². The first kappa shape index (κ1) is 20.3. The Bertz CT molecular complexity index is 844. The van der Waals surface area contributed by atoms with Crippen LogP contribution in [0.15, 0.2) is 48.8 Å². The number of halogens is 1. The Balaban J connectivity index is 0.00000205. The molecule has 3 N–H and O–H groups in total. The van der Waals surface area contributed by atoms with E-state index in [9.17, 15) is 4.79 Å². The van der Waals surface area contributed by atoms with Gasteiger partial charge >= 0.3 is 0 Å². The van der Waals surface area contributed by atoms with Gasteiger partial charge < -0.3 is 10.2 Å². The van der Waals surface area contributed by atoms with Gasteiger partial charge in [-0.25, -0.2) is 5.43 Å². The highest BCUT2D eigenvalue weighted by molar-refractivity contribution is 5.85. The first-order chi connectivity index (χ1) is 13.8. The Kier molecular flexibility index (Phi) is 6.15. The molecule has 6 nitrogen and oxygen atoms in total. The molecule has 7 heteroatoms. The van der Waals surface area contributed by atoms with Crippen LogP contribution < -0.4 is 16.2 Å². The number of rotatable bonds is 5. The van der Waals surface area contributed by atoms with Crippen molar-refractivity contribution in [2.45, 2.75) is 43.9 Å². The number of fused-ring (bicyclic) bond motifs is 1. The molecule has 3 aliphatic rings. The number of nitrogens with one attached hydrogen (secondary N) is 3. The number of hydrogen-bond donors (Lipinski definition) is 3. The van der Waals surface area contributed by atoms with Crippen LogP contribution in [0.1, 0.15) is 24.8 Å². The van der Waals surface area contributed by atoms with E-state index in [0.29, 0.717) is 24.5 Å². The lowest BCUT2D eigenvalue weighted by atomic mass is 9.88. The normalized spacial score (nSPS) is 25.7. The summed E-state index contributed by atoms with van der Waals surface area (Å²) in [6.45, 7) is 2.58. The zero-order chi connectivity index (χ0) is 18.9. The first-order valence-electron chi connectivity index (χ1n) is 10.3. The summed E-state index contributed by atoms with van der Waals surface area (Å²) in [5.74, 6) is 0.558. The van der Waals surface area contributed by atoms with Gasteiger partial charge in [0, 0.05) is 43.5 Å². The highest BCUT2D eigenvalue weighted by Crippen LogP contribution is 2.32. The van der Waals surface area contributed by atoms with Crippen molar-refractivity contribution in [3.63, 3.8) is 0 Å². The number of carbonyl (C=O) groups excluding carboxylic acids is 1. The lowest BCUT2D eigenvalue weighted by Gasteiger charge is -2.31. The number of pyridine rings is 1. The molecule has 2 aromatic rings. The van der Waals surface area contributed by atoms with Crippen LogP contribution in [0.5, 0.6) is 0 Å². The SMILES string of the molecule is Cl.O=C(C1NNC2CCNCC21)N(Cc1cccc(-c2cccnc2)c1)C1CC1. The number of amides is 1. The van der Waals surface area contributed by atoms with Gasteiger partial charge in [-0.1, -0.05) is 24.3 Å². The molecule has 1 aromatic carbocycles. The maximum atomic E-state index is 13.4. The van der Waals surface area contributed by atoms with Crippen molar-refractivity contribution < 1.29 is 4.79 Å². The molecule has 1 aromatic heterocycles. The average molecular weight is 414 g/mol. The Morgan fingerprint density at radius 3 is 2.76 bits per heavy atom. The zero-order valence-electron chi connectivity index (χ0n) is 16.4. The molecular weight excluding hydrogens is 386 g/mol. The molecule has 0 bridgehead atoms. The topological polar surface area (TPSA) is 69.3 Å². The molecular formula is C22H28ClN5O. The predicted octanol–water partition coefficient (Wildman–Crippen LogP) is 2.12. The number of hydrogen-bond acceptors (Lipinski definition) is 5. The van der Waals surface area contributed by atoms with Gasteiger partial charge in [-0.15, -0.1) is 12.4 Å². The Morgan fingerprint density at radius 1 is 1.10 bits per heavy atom. The monoisotopic (exact) mass is 413 g/mol. The van der Waals surface area contributed by atoms with E-state index in [-0.39, 0.29) is 24.4 Å². The maximum Gasteiger partial charge on any atom is 0.242 e. The van der Waals surface area contributed by atoms with Crippen LogP contribution in [0.2, 0.25) is 0 Å². The van der Waals surface area contributed by atoms with Crippen LogP contribution in [0.25, 0.3) is 11.1 Å². The van der Waals surface area contributed by atoms with E-state index in [2.05, 4.69) is 56.4 Å². The Morgan fingerprint density at radius 2 is 1.97 bits per heavy atom. The van der Waals surface area contributed by atoms with Crippen LogP contribution in [0.4, 0.5) is 0 Å². The minimum absolute atomic E-state index is 0. The lowest BCUT2D eigenvalue weighted by molar-refractivity contribution is -0.135. The quantitative estimate of drug-likeness (QED) is 0.700. The van der Waals surface area contributed by atoms with Gasteiger partial charge in [-0.2, -0.15) is 0 Å². The van der Waals surface area contributed by atoms with Gasteiger partial charge in [0.15, 0.2) is 0 Å². The smallest absolute Gasteiger partial charge is 0.242 e. The Hall–Kier alpha value is -1.99. The van der Waals surface area contributed by atoms with Crippen LogP contribution in [0, 0.1) is 5.92 Å². The third kappa shape index (κ3) is 4.31. The van der Waals surface area contributed by atoms with Crippen molar-refractivity contribution in [2.24, 2.45) is 5.92 Å². The van der Waals surface area contributed by atoms with E-state index >= 15 is 0 Å². The van der Waals surface area contributed by atoms with E-state index in [1.165, 1.54) is 5.56 Å². The van der Waals surface area contributed by atoms with Gasteiger partial charge in [0.2, 0.25) is 5.91 Å². The number of aromatic nitrogens is 1. The summed E-state index contributed by atoms with van der Waals surface area (Å²) < 4.78 is 0. The fourth-order valence-electron chi connectivity index (χ4n) is 4.49. The molecule has 3 atom stereocenters. The Labute approximate surface area is 177 Å². The predicted molar refractivity (Wildman–Crippen MR) is 115 cm³/mol. The average Bonchev–Trinajstić information content (AvgIpc) is 3.50. The van der Waals surface area contributed by atoms with Gasteiger partial charge in [0.1, 0.15) is 6.04 Å². The number of benzene rings is 1.